The first-order chi connectivity index (χ1) is 11.8. The maximum atomic E-state index is 13.6. The molecule has 1 amide bonds. The van der Waals surface area contributed by atoms with Crippen LogP contribution in [0.4, 0.5) is 23.2 Å². The van der Waals surface area contributed by atoms with E-state index in [1.54, 1.807) is 6.07 Å². The van der Waals surface area contributed by atoms with E-state index in [0.717, 1.165) is 24.3 Å². The molecule has 1 N–H and O–H groups in total. The van der Waals surface area contributed by atoms with Crippen molar-refractivity contribution in [1.82, 2.24) is 10.2 Å². The number of nitrogens with zero attached hydrogens (tertiary/aromatic N) is 2. The zero-order chi connectivity index (χ0) is 18.0. The Balaban J connectivity index is 1.75. The molecule has 9 heteroatoms. The topological polar surface area (TPSA) is 68.0 Å². The van der Waals surface area contributed by atoms with Crippen LogP contribution in [0.2, 0.25) is 0 Å². The van der Waals surface area contributed by atoms with E-state index in [2.05, 4.69) is 15.5 Å². The van der Waals surface area contributed by atoms with Gasteiger partial charge in [-0.15, -0.1) is 10.2 Å². The second-order valence-electron chi connectivity index (χ2n) is 4.92. The summed E-state index contributed by atoms with van der Waals surface area (Å²) in [4.78, 5) is 12.0. The van der Waals surface area contributed by atoms with Crippen molar-refractivity contribution in [2.24, 2.45) is 0 Å². The van der Waals surface area contributed by atoms with Crippen molar-refractivity contribution in [3.63, 3.8) is 0 Å². The number of halogens is 4. The number of rotatable bonds is 3. The lowest BCUT2D eigenvalue weighted by Crippen LogP contribution is -2.12. The number of hydrogen-bond acceptors (Lipinski definition) is 4. The zero-order valence-corrected chi connectivity index (χ0v) is 12.3. The molecule has 2 aromatic carbocycles. The molecule has 5 nitrogen and oxygen atoms in total. The van der Waals surface area contributed by atoms with Gasteiger partial charge in [0.15, 0.2) is 0 Å². The first-order valence-electron chi connectivity index (χ1n) is 6.91. The van der Waals surface area contributed by atoms with E-state index in [0.29, 0.717) is 0 Å². The van der Waals surface area contributed by atoms with Crippen molar-refractivity contribution in [2.45, 2.75) is 6.18 Å². The third-order valence-corrected chi connectivity index (χ3v) is 3.19. The Labute approximate surface area is 138 Å². The van der Waals surface area contributed by atoms with Crippen LogP contribution in [0.3, 0.4) is 0 Å². The standard InChI is InChI=1S/C16H9F4N3O2/c17-12-4-2-1-3-11(12)14-22-23-15(25-14)13(24)21-10-7-5-9(6-8-10)16(18,19)20/h1-8H,(H,21,24). The van der Waals surface area contributed by atoms with Gasteiger partial charge in [-0.3, -0.25) is 4.79 Å². The Hall–Kier alpha value is -3.23. The van der Waals surface area contributed by atoms with Crippen molar-refractivity contribution < 1.29 is 26.8 Å². The number of anilines is 1. The highest BCUT2D eigenvalue weighted by atomic mass is 19.4. The third-order valence-electron chi connectivity index (χ3n) is 3.19. The van der Waals surface area contributed by atoms with Gasteiger partial charge in [0.25, 0.3) is 5.89 Å². The van der Waals surface area contributed by atoms with Gasteiger partial charge in [0.1, 0.15) is 5.82 Å². The minimum Gasteiger partial charge on any atom is -0.412 e. The van der Waals surface area contributed by atoms with Crippen LogP contribution < -0.4 is 5.32 Å². The molecule has 3 aromatic rings. The number of hydrogen-bond donors (Lipinski definition) is 1. The van der Waals surface area contributed by atoms with E-state index in [-0.39, 0.29) is 17.1 Å². The number of carbonyl (C=O) groups is 1. The van der Waals surface area contributed by atoms with Crippen LogP contribution in [0.5, 0.6) is 0 Å². The lowest BCUT2D eigenvalue weighted by atomic mass is 10.2. The summed E-state index contributed by atoms with van der Waals surface area (Å²) in [6, 6.07) is 9.48. The molecular formula is C16H9F4N3O2. The maximum absolute atomic E-state index is 13.6. The number of amides is 1. The van der Waals surface area contributed by atoms with Crippen LogP contribution >= 0.6 is 0 Å². The summed E-state index contributed by atoms with van der Waals surface area (Å²) in [5.74, 6) is -2.05. The predicted octanol–water partition coefficient (Wildman–Crippen LogP) is 4.15. The molecular weight excluding hydrogens is 342 g/mol. The molecule has 0 aliphatic carbocycles. The average Bonchev–Trinajstić information content (AvgIpc) is 3.05. The molecule has 0 fully saturated rings. The Morgan fingerprint density at radius 3 is 2.32 bits per heavy atom. The monoisotopic (exact) mass is 351 g/mol. The molecule has 0 radical (unpaired) electrons. The van der Waals surface area contributed by atoms with Gasteiger partial charge in [-0.05, 0) is 36.4 Å². The molecule has 0 spiro atoms. The first-order valence-corrected chi connectivity index (χ1v) is 6.91. The van der Waals surface area contributed by atoms with Gasteiger partial charge in [0.2, 0.25) is 0 Å². The zero-order valence-electron chi connectivity index (χ0n) is 12.3. The highest BCUT2D eigenvalue weighted by Gasteiger charge is 2.30. The van der Waals surface area contributed by atoms with Crippen molar-refractivity contribution in [3.8, 4) is 11.5 Å². The molecule has 0 bridgehead atoms. The Morgan fingerprint density at radius 2 is 1.68 bits per heavy atom. The van der Waals surface area contributed by atoms with Gasteiger partial charge >= 0.3 is 18.0 Å². The molecule has 25 heavy (non-hydrogen) atoms. The summed E-state index contributed by atoms with van der Waals surface area (Å²) >= 11 is 0. The molecule has 0 atom stereocenters. The molecule has 0 aliphatic rings. The summed E-state index contributed by atoms with van der Waals surface area (Å²) in [6.07, 6.45) is -4.47. The van der Waals surface area contributed by atoms with E-state index in [4.69, 9.17) is 4.42 Å². The van der Waals surface area contributed by atoms with Crippen molar-refractivity contribution in [3.05, 3.63) is 65.8 Å². The summed E-state index contributed by atoms with van der Waals surface area (Å²) < 4.78 is 56.2. The van der Waals surface area contributed by atoms with Gasteiger partial charge in [0.05, 0.1) is 11.1 Å². The van der Waals surface area contributed by atoms with Gasteiger partial charge in [0, 0.05) is 5.69 Å². The van der Waals surface area contributed by atoms with Crippen LogP contribution in [0.25, 0.3) is 11.5 Å². The van der Waals surface area contributed by atoms with Gasteiger partial charge in [-0.25, -0.2) is 4.39 Å². The Bertz CT molecular complexity index is 904. The smallest absolute Gasteiger partial charge is 0.412 e. The van der Waals surface area contributed by atoms with Gasteiger partial charge in [-0.1, -0.05) is 12.1 Å². The second kappa shape index (κ2) is 6.34. The quantitative estimate of drug-likeness (QED) is 0.720. The third kappa shape index (κ3) is 3.65. The highest BCUT2D eigenvalue weighted by molar-refractivity contribution is 6.00. The fraction of sp³-hybridized carbons (Fsp3) is 0.0625. The summed E-state index contributed by atoms with van der Waals surface area (Å²) in [7, 11) is 0. The largest absolute Gasteiger partial charge is 0.416 e. The van der Waals surface area contributed by atoms with Crippen LogP contribution in [-0.2, 0) is 6.18 Å². The van der Waals surface area contributed by atoms with Crippen LogP contribution in [0, 0.1) is 5.82 Å². The molecule has 1 heterocycles. The predicted molar refractivity (Wildman–Crippen MR) is 79.1 cm³/mol. The Kier molecular flexibility index (Phi) is 4.22. The molecule has 0 saturated heterocycles. The Morgan fingerprint density at radius 1 is 1.00 bits per heavy atom. The normalized spacial score (nSPS) is 11.4. The number of alkyl halides is 3. The molecule has 128 valence electrons. The number of nitrogens with one attached hydrogen (secondary N) is 1. The minimum absolute atomic E-state index is 0.0311. The fourth-order valence-electron chi connectivity index (χ4n) is 1.99. The highest BCUT2D eigenvalue weighted by Crippen LogP contribution is 2.30. The average molecular weight is 351 g/mol. The van der Waals surface area contributed by atoms with Gasteiger partial charge in [-0.2, -0.15) is 13.2 Å². The molecule has 1 aromatic heterocycles. The maximum Gasteiger partial charge on any atom is 0.416 e. The fourth-order valence-corrected chi connectivity index (χ4v) is 1.99. The van der Waals surface area contributed by atoms with E-state index >= 15 is 0 Å². The van der Waals surface area contributed by atoms with E-state index in [1.165, 1.54) is 18.2 Å². The molecule has 0 unspecified atom stereocenters. The lowest BCUT2D eigenvalue weighted by Gasteiger charge is -2.07. The summed E-state index contributed by atoms with van der Waals surface area (Å²) in [6.45, 7) is 0. The van der Waals surface area contributed by atoms with Crippen molar-refractivity contribution >= 4 is 11.6 Å². The summed E-state index contributed by atoms with van der Waals surface area (Å²) in [5.41, 5.74) is -0.697. The van der Waals surface area contributed by atoms with Crippen LogP contribution in [-0.4, -0.2) is 16.1 Å². The van der Waals surface area contributed by atoms with E-state index in [9.17, 15) is 22.4 Å². The second-order valence-corrected chi connectivity index (χ2v) is 4.92. The summed E-state index contributed by atoms with van der Waals surface area (Å²) in [5, 5.41) is 9.42. The van der Waals surface area contributed by atoms with E-state index in [1.807, 2.05) is 0 Å². The van der Waals surface area contributed by atoms with Gasteiger partial charge < -0.3 is 9.73 Å². The first kappa shape index (κ1) is 16.6. The molecule has 0 saturated carbocycles. The number of carbonyl (C=O) groups excluding carboxylic acids is 1. The molecule has 3 rings (SSSR count). The van der Waals surface area contributed by atoms with Crippen LogP contribution in [0.1, 0.15) is 16.2 Å². The van der Waals surface area contributed by atoms with Crippen molar-refractivity contribution in [1.29, 1.82) is 0 Å². The van der Waals surface area contributed by atoms with Crippen molar-refractivity contribution in [2.75, 3.05) is 5.32 Å². The molecule has 0 aliphatic heterocycles. The number of aromatic nitrogens is 2. The minimum atomic E-state index is -4.47. The van der Waals surface area contributed by atoms with Crippen LogP contribution in [0.15, 0.2) is 52.9 Å². The number of benzene rings is 2. The SMILES string of the molecule is O=C(Nc1ccc(C(F)(F)F)cc1)c1nnc(-c2ccccc2F)o1. The van der Waals surface area contributed by atoms with E-state index < -0.39 is 29.4 Å². The lowest BCUT2D eigenvalue weighted by molar-refractivity contribution is -0.137.